The normalized spacial score (nSPS) is 38.3. The average molecular weight is 253 g/mol. The third kappa shape index (κ3) is 4.55. The lowest BCUT2D eigenvalue weighted by Gasteiger charge is -2.28. The van der Waals surface area contributed by atoms with Gasteiger partial charge in [0.25, 0.3) is 0 Å². The molecular weight excluding hydrogens is 222 g/mol. The Morgan fingerprint density at radius 3 is 2.67 bits per heavy atom. The van der Waals surface area contributed by atoms with E-state index in [2.05, 4.69) is 12.2 Å². The van der Waals surface area contributed by atoms with Crippen LogP contribution < -0.4 is 5.32 Å². The molecule has 2 rings (SSSR count). The van der Waals surface area contributed by atoms with Crippen LogP contribution in [-0.2, 0) is 0 Å². The fourth-order valence-electron chi connectivity index (χ4n) is 3.82. The van der Waals surface area contributed by atoms with Gasteiger partial charge in [-0.15, -0.1) is 0 Å². The molecule has 0 aromatic carbocycles. The molecule has 2 aliphatic rings. The van der Waals surface area contributed by atoms with Crippen LogP contribution in [0.4, 0.5) is 0 Å². The Bertz CT molecular complexity index is 231. The van der Waals surface area contributed by atoms with Crippen molar-refractivity contribution in [3.63, 3.8) is 0 Å². The van der Waals surface area contributed by atoms with E-state index in [0.717, 1.165) is 24.8 Å². The zero-order valence-electron chi connectivity index (χ0n) is 12.0. The van der Waals surface area contributed by atoms with E-state index in [1.807, 2.05) is 0 Å². The van der Waals surface area contributed by atoms with Crippen molar-refractivity contribution in [3.8, 4) is 0 Å². The van der Waals surface area contributed by atoms with Gasteiger partial charge in [-0.05, 0) is 44.1 Å². The van der Waals surface area contributed by atoms with Gasteiger partial charge in [0.1, 0.15) is 0 Å². The van der Waals surface area contributed by atoms with Crippen molar-refractivity contribution in [3.05, 3.63) is 0 Å². The predicted octanol–water partition coefficient (Wildman–Crippen LogP) is 3.49. The second-order valence-electron chi connectivity index (χ2n) is 6.69. The van der Waals surface area contributed by atoms with E-state index in [1.54, 1.807) is 0 Å². The fraction of sp³-hybridized carbons (Fsp3) is 1.00. The van der Waals surface area contributed by atoms with Gasteiger partial charge in [0.15, 0.2) is 0 Å². The highest BCUT2D eigenvalue weighted by molar-refractivity contribution is 4.79. The van der Waals surface area contributed by atoms with E-state index in [-0.39, 0.29) is 6.10 Å². The highest BCUT2D eigenvalue weighted by Crippen LogP contribution is 2.30. The first-order valence-corrected chi connectivity index (χ1v) is 8.17. The van der Waals surface area contributed by atoms with Crippen LogP contribution in [0.25, 0.3) is 0 Å². The minimum Gasteiger partial charge on any atom is -0.392 e. The number of aliphatic hydroxyl groups excluding tert-OH is 1. The summed E-state index contributed by atoms with van der Waals surface area (Å²) in [7, 11) is 0. The zero-order valence-corrected chi connectivity index (χ0v) is 12.0. The van der Waals surface area contributed by atoms with Gasteiger partial charge in [0, 0.05) is 6.04 Å². The van der Waals surface area contributed by atoms with Crippen LogP contribution in [0.2, 0.25) is 0 Å². The molecule has 0 radical (unpaired) electrons. The highest BCUT2D eigenvalue weighted by atomic mass is 16.3. The Balaban J connectivity index is 1.64. The Labute approximate surface area is 113 Å². The molecule has 0 spiro atoms. The molecule has 0 saturated heterocycles. The SMILES string of the molecule is CC1CCCC(CCNC2CCCCCC2O)C1. The first kappa shape index (κ1) is 14.3. The Morgan fingerprint density at radius 2 is 1.83 bits per heavy atom. The molecule has 2 fully saturated rings. The van der Waals surface area contributed by atoms with Crippen molar-refractivity contribution < 1.29 is 5.11 Å². The molecule has 0 bridgehead atoms. The maximum Gasteiger partial charge on any atom is 0.0693 e. The molecule has 18 heavy (non-hydrogen) atoms. The van der Waals surface area contributed by atoms with Crippen LogP contribution in [-0.4, -0.2) is 23.8 Å². The number of nitrogens with one attached hydrogen (secondary N) is 1. The lowest BCUT2D eigenvalue weighted by Crippen LogP contribution is -2.40. The summed E-state index contributed by atoms with van der Waals surface area (Å²) in [5.74, 6) is 1.87. The smallest absolute Gasteiger partial charge is 0.0693 e. The average Bonchev–Trinajstić information content (AvgIpc) is 2.55. The second-order valence-corrected chi connectivity index (χ2v) is 6.69. The topological polar surface area (TPSA) is 32.3 Å². The molecule has 4 atom stereocenters. The van der Waals surface area contributed by atoms with E-state index in [1.165, 1.54) is 57.8 Å². The van der Waals surface area contributed by atoms with Crippen LogP contribution in [0.5, 0.6) is 0 Å². The highest BCUT2D eigenvalue weighted by Gasteiger charge is 2.22. The lowest BCUT2D eigenvalue weighted by molar-refractivity contribution is 0.118. The van der Waals surface area contributed by atoms with E-state index in [9.17, 15) is 5.11 Å². The van der Waals surface area contributed by atoms with Gasteiger partial charge in [0.05, 0.1) is 6.10 Å². The van der Waals surface area contributed by atoms with E-state index in [4.69, 9.17) is 0 Å². The van der Waals surface area contributed by atoms with Crippen molar-refractivity contribution in [2.75, 3.05) is 6.54 Å². The molecule has 2 N–H and O–H groups in total. The van der Waals surface area contributed by atoms with Crippen molar-refractivity contribution in [2.24, 2.45) is 11.8 Å². The Morgan fingerprint density at radius 1 is 1.00 bits per heavy atom. The van der Waals surface area contributed by atoms with Gasteiger partial charge in [-0.25, -0.2) is 0 Å². The number of rotatable bonds is 4. The standard InChI is InChI=1S/C16H31NO/c1-13-6-5-7-14(12-13)10-11-17-15-8-3-2-4-9-16(15)18/h13-18H,2-12H2,1H3. The molecule has 106 valence electrons. The molecule has 4 unspecified atom stereocenters. The van der Waals surface area contributed by atoms with Gasteiger partial charge >= 0.3 is 0 Å². The molecule has 0 heterocycles. The number of hydrogen-bond donors (Lipinski definition) is 2. The van der Waals surface area contributed by atoms with Crippen LogP contribution in [0, 0.1) is 11.8 Å². The van der Waals surface area contributed by atoms with Crippen LogP contribution in [0.15, 0.2) is 0 Å². The Hall–Kier alpha value is -0.0800. The predicted molar refractivity (Wildman–Crippen MR) is 76.6 cm³/mol. The van der Waals surface area contributed by atoms with E-state index < -0.39 is 0 Å². The monoisotopic (exact) mass is 253 g/mol. The summed E-state index contributed by atoms with van der Waals surface area (Å²) in [6.07, 6.45) is 12.9. The Kier molecular flexibility index (Phi) is 5.97. The van der Waals surface area contributed by atoms with Crippen molar-refractivity contribution in [1.82, 2.24) is 5.32 Å². The van der Waals surface area contributed by atoms with Crippen LogP contribution >= 0.6 is 0 Å². The first-order valence-electron chi connectivity index (χ1n) is 8.17. The maximum atomic E-state index is 10.1. The minimum atomic E-state index is -0.0993. The van der Waals surface area contributed by atoms with Crippen molar-refractivity contribution in [1.29, 1.82) is 0 Å². The van der Waals surface area contributed by atoms with Gasteiger partial charge in [-0.3, -0.25) is 0 Å². The third-order valence-corrected chi connectivity index (χ3v) is 4.98. The molecule has 0 amide bonds. The maximum absolute atomic E-state index is 10.1. The summed E-state index contributed by atoms with van der Waals surface area (Å²) < 4.78 is 0. The van der Waals surface area contributed by atoms with E-state index >= 15 is 0 Å². The van der Waals surface area contributed by atoms with Gasteiger partial charge in [-0.1, -0.05) is 45.4 Å². The quantitative estimate of drug-likeness (QED) is 0.752. The molecule has 0 aliphatic heterocycles. The number of aliphatic hydroxyl groups is 1. The molecule has 2 heteroatoms. The summed E-state index contributed by atoms with van der Waals surface area (Å²) in [6, 6.07) is 0.369. The van der Waals surface area contributed by atoms with Crippen molar-refractivity contribution in [2.45, 2.75) is 83.3 Å². The molecule has 2 aliphatic carbocycles. The molecule has 0 aromatic rings. The summed E-state index contributed by atoms with van der Waals surface area (Å²) in [6.45, 7) is 3.51. The fourth-order valence-corrected chi connectivity index (χ4v) is 3.82. The van der Waals surface area contributed by atoms with Gasteiger partial charge in [-0.2, -0.15) is 0 Å². The lowest BCUT2D eigenvalue weighted by atomic mass is 9.81. The van der Waals surface area contributed by atoms with E-state index in [0.29, 0.717) is 6.04 Å². The summed E-state index contributed by atoms with van der Waals surface area (Å²) in [4.78, 5) is 0. The number of hydrogen-bond acceptors (Lipinski definition) is 2. The minimum absolute atomic E-state index is 0.0993. The first-order chi connectivity index (χ1) is 8.75. The molecule has 2 saturated carbocycles. The van der Waals surface area contributed by atoms with Crippen LogP contribution in [0.1, 0.15) is 71.1 Å². The molecule has 2 nitrogen and oxygen atoms in total. The summed E-state index contributed by atoms with van der Waals surface area (Å²) in [5.41, 5.74) is 0. The largest absolute Gasteiger partial charge is 0.392 e. The molecular formula is C16H31NO. The summed E-state index contributed by atoms with van der Waals surface area (Å²) in [5, 5.41) is 13.7. The van der Waals surface area contributed by atoms with Crippen molar-refractivity contribution >= 4 is 0 Å². The van der Waals surface area contributed by atoms with Gasteiger partial charge < -0.3 is 10.4 Å². The third-order valence-electron chi connectivity index (χ3n) is 4.98. The molecule has 0 aromatic heterocycles. The summed E-state index contributed by atoms with van der Waals surface area (Å²) >= 11 is 0. The second kappa shape index (κ2) is 7.49. The van der Waals surface area contributed by atoms with Crippen LogP contribution in [0.3, 0.4) is 0 Å². The zero-order chi connectivity index (χ0) is 12.8. The van der Waals surface area contributed by atoms with Gasteiger partial charge in [0.2, 0.25) is 0 Å².